The normalized spacial score (nSPS) is 16.0. The maximum Gasteiger partial charge on any atom is 0.389 e. The highest BCUT2D eigenvalue weighted by molar-refractivity contribution is 5.83. The monoisotopic (exact) mass is 465 g/mol. The largest absolute Gasteiger partial charge is 0.492 e. The van der Waals surface area contributed by atoms with Crippen molar-refractivity contribution in [3.8, 4) is 17.0 Å². The van der Waals surface area contributed by atoms with Crippen molar-refractivity contribution in [2.45, 2.75) is 59.1 Å². The molecule has 1 saturated heterocycles. The van der Waals surface area contributed by atoms with E-state index in [4.69, 9.17) is 4.74 Å². The number of aliphatic carboxylic acids is 1. The van der Waals surface area contributed by atoms with Gasteiger partial charge >= 0.3 is 12.1 Å². The van der Waals surface area contributed by atoms with Crippen LogP contribution >= 0.6 is 0 Å². The molecule has 3 heterocycles. The van der Waals surface area contributed by atoms with Gasteiger partial charge in [-0.05, 0) is 43.7 Å². The first kappa shape index (κ1) is 24.8. The molecule has 0 spiro atoms. The summed E-state index contributed by atoms with van der Waals surface area (Å²) >= 11 is 0. The number of rotatable bonds is 8. The van der Waals surface area contributed by atoms with E-state index < -0.39 is 18.6 Å². The summed E-state index contributed by atoms with van der Waals surface area (Å²) in [6.07, 6.45) is -0.196. The number of hydrogen-bond donors (Lipinski definition) is 1. The molecule has 1 N–H and O–H groups in total. The Labute approximate surface area is 191 Å². The second-order valence-corrected chi connectivity index (χ2v) is 9.25. The molecule has 1 fully saturated rings. The molecule has 1 aliphatic heterocycles. The standard InChI is InChI=1S/C24H30F3N3O3/c1-16-18(13-21(31)32)22(30-10-8-23(2,3)9-11-30)19(15-28-16)20-6-5-17(14-29-20)33-12-4-7-24(25,26)27/h5-6,14-15H,4,7-13H2,1-3H3,(H,31,32). The van der Waals surface area contributed by atoms with Gasteiger partial charge in [0, 0.05) is 42.5 Å². The molecule has 0 aromatic carbocycles. The average Bonchev–Trinajstić information content (AvgIpc) is 2.72. The highest BCUT2D eigenvalue weighted by Crippen LogP contribution is 2.39. The summed E-state index contributed by atoms with van der Waals surface area (Å²) in [5.74, 6) is -0.542. The number of aryl methyl sites for hydroxylation is 1. The Balaban J connectivity index is 1.86. The minimum atomic E-state index is -4.20. The van der Waals surface area contributed by atoms with Gasteiger partial charge in [0.25, 0.3) is 0 Å². The lowest BCUT2D eigenvalue weighted by Crippen LogP contribution is -2.38. The van der Waals surface area contributed by atoms with Crippen LogP contribution in [0.15, 0.2) is 24.5 Å². The lowest BCUT2D eigenvalue weighted by molar-refractivity contribution is -0.137. The zero-order chi connectivity index (χ0) is 24.2. The second kappa shape index (κ2) is 9.97. The van der Waals surface area contributed by atoms with E-state index in [1.807, 2.05) is 6.92 Å². The number of pyridine rings is 2. The van der Waals surface area contributed by atoms with Crippen LogP contribution < -0.4 is 9.64 Å². The third-order valence-electron chi connectivity index (χ3n) is 6.01. The number of halogens is 3. The summed E-state index contributed by atoms with van der Waals surface area (Å²) in [6.45, 7) is 7.83. The van der Waals surface area contributed by atoms with Crippen LogP contribution in [-0.2, 0) is 11.2 Å². The summed E-state index contributed by atoms with van der Waals surface area (Å²) in [7, 11) is 0. The third-order valence-corrected chi connectivity index (χ3v) is 6.01. The van der Waals surface area contributed by atoms with E-state index >= 15 is 0 Å². The molecule has 6 nitrogen and oxygen atoms in total. The molecule has 0 amide bonds. The molecule has 33 heavy (non-hydrogen) atoms. The Morgan fingerprint density at radius 3 is 2.45 bits per heavy atom. The van der Waals surface area contributed by atoms with Crippen molar-refractivity contribution in [1.82, 2.24) is 9.97 Å². The molecule has 2 aromatic rings. The summed E-state index contributed by atoms with van der Waals surface area (Å²) in [6, 6.07) is 3.39. The van der Waals surface area contributed by atoms with E-state index in [2.05, 4.69) is 28.7 Å². The van der Waals surface area contributed by atoms with E-state index in [-0.39, 0.29) is 24.9 Å². The number of carboxylic acid groups (broad SMARTS) is 1. The summed E-state index contributed by atoms with van der Waals surface area (Å²) in [5.41, 5.74) is 3.76. The average molecular weight is 466 g/mol. The van der Waals surface area contributed by atoms with Crippen LogP contribution in [-0.4, -0.2) is 46.9 Å². The maximum atomic E-state index is 12.3. The molecule has 3 rings (SSSR count). The van der Waals surface area contributed by atoms with Gasteiger partial charge in [-0.25, -0.2) is 0 Å². The lowest BCUT2D eigenvalue weighted by atomic mass is 9.82. The number of carboxylic acids is 1. The molecule has 0 radical (unpaired) electrons. The van der Waals surface area contributed by atoms with Crippen LogP contribution in [0, 0.1) is 12.3 Å². The van der Waals surface area contributed by atoms with Crippen molar-refractivity contribution in [2.75, 3.05) is 24.6 Å². The van der Waals surface area contributed by atoms with Crippen LogP contribution in [0.5, 0.6) is 5.75 Å². The van der Waals surface area contributed by atoms with Gasteiger partial charge in [-0.1, -0.05) is 13.8 Å². The van der Waals surface area contributed by atoms with Crippen molar-refractivity contribution in [2.24, 2.45) is 5.41 Å². The number of carbonyl (C=O) groups is 1. The second-order valence-electron chi connectivity index (χ2n) is 9.25. The minimum Gasteiger partial charge on any atom is -0.492 e. The number of nitrogens with zero attached hydrogens (tertiary/aromatic N) is 3. The highest BCUT2D eigenvalue weighted by atomic mass is 19.4. The Morgan fingerprint density at radius 1 is 1.18 bits per heavy atom. The molecule has 0 bridgehead atoms. The van der Waals surface area contributed by atoms with E-state index in [0.717, 1.165) is 37.2 Å². The smallest absolute Gasteiger partial charge is 0.389 e. The molecular formula is C24H30F3N3O3. The Hall–Kier alpha value is -2.84. The van der Waals surface area contributed by atoms with Crippen molar-refractivity contribution < 1.29 is 27.8 Å². The topological polar surface area (TPSA) is 75.6 Å². The fourth-order valence-electron chi connectivity index (χ4n) is 3.97. The molecule has 1 aliphatic rings. The van der Waals surface area contributed by atoms with Crippen molar-refractivity contribution in [1.29, 1.82) is 0 Å². The quantitative estimate of drug-likeness (QED) is 0.524. The fraction of sp³-hybridized carbons (Fsp3) is 0.542. The minimum absolute atomic E-state index is 0.0514. The molecule has 0 atom stereocenters. The number of anilines is 1. The Kier molecular flexibility index (Phi) is 7.49. The van der Waals surface area contributed by atoms with Crippen LogP contribution in [0.4, 0.5) is 18.9 Å². The van der Waals surface area contributed by atoms with Gasteiger partial charge in [0.2, 0.25) is 0 Å². The van der Waals surface area contributed by atoms with Crippen molar-refractivity contribution in [3.63, 3.8) is 0 Å². The van der Waals surface area contributed by atoms with Crippen molar-refractivity contribution >= 4 is 11.7 Å². The van der Waals surface area contributed by atoms with Crippen LogP contribution in [0.3, 0.4) is 0 Å². The third kappa shape index (κ3) is 6.82. The van der Waals surface area contributed by atoms with Gasteiger partial charge in [0.15, 0.2) is 0 Å². The number of ether oxygens (including phenoxy) is 1. The van der Waals surface area contributed by atoms with Gasteiger partial charge in [-0.15, -0.1) is 0 Å². The predicted molar refractivity (Wildman–Crippen MR) is 120 cm³/mol. The SMILES string of the molecule is Cc1ncc(-c2ccc(OCCCC(F)(F)F)cn2)c(N2CCC(C)(C)CC2)c1CC(=O)O. The molecule has 0 saturated carbocycles. The maximum absolute atomic E-state index is 12.3. The molecule has 9 heteroatoms. The van der Waals surface area contributed by atoms with E-state index in [0.29, 0.717) is 22.7 Å². The first-order valence-corrected chi connectivity index (χ1v) is 11.1. The van der Waals surface area contributed by atoms with Crippen LogP contribution in [0.25, 0.3) is 11.3 Å². The zero-order valence-electron chi connectivity index (χ0n) is 19.2. The van der Waals surface area contributed by atoms with E-state index in [1.54, 1.807) is 18.3 Å². The summed E-state index contributed by atoms with van der Waals surface area (Å²) in [4.78, 5) is 22.7. The lowest BCUT2D eigenvalue weighted by Gasteiger charge is -2.40. The summed E-state index contributed by atoms with van der Waals surface area (Å²) < 4.78 is 42.2. The predicted octanol–water partition coefficient (Wildman–Crippen LogP) is 5.43. The summed E-state index contributed by atoms with van der Waals surface area (Å²) in [5, 5.41) is 9.50. The van der Waals surface area contributed by atoms with Crippen LogP contribution in [0.2, 0.25) is 0 Å². The Morgan fingerprint density at radius 2 is 1.88 bits per heavy atom. The molecule has 0 unspecified atom stereocenters. The fourth-order valence-corrected chi connectivity index (χ4v) is 3.97. The highest BCUT2D eigenvalue weighted by Gasteiger charge is 2.29. The number of alkyl halides is 3. The Bertz CT molecular complexity index is 965. The van der Waals surface area contributed by atoms with Crippen molar-refractivity contribution in [3.05, 3.63) is 35.8 Å². The number of piperidine rings is 1. The number of hydrogen-bond acceptors (Lipinski definition) is 5. The molecule has 2 aromatic heterocycles. The molecule has 0 aliphatic carbocycles. The number of aromatic nitrogens is 2. The van der Waals surface area contributed by atoms with Gasteiger partial charge in [-0.2, -0.15) is 13.2 Å². The van der Waals surface area contributed by atoms with Gasteiger partial charge in [0.05, 0.1) is 30.6 Å². The molecular weight excluding hydrogens is 435 g/mol. The van der Waals surface area contributed by atoms with Gasteiger partial charge in [0.1, 0.15) is 5.75 Å². The van der Waals surface area contributed by atoms with E-state index in [1.165, 1.54) is 6.20 Å². The first-order valence-electron chi connectivity index (χ1n) is 11.1. The first-order chi connectivity index (χ1) is 15.5. The van der Waals surface area contributed by atoms with E-state index in [9.17, 15) is 23.1 Å². The van der Waals surface area contributed by atoms with Crippen LogP contribution in [0.1, 0.15) is 50.8 Å². The van der Waals surface area contributed by atoms with Gasteiger partial charge < -0.3 is 14.7 Å². The van der Waals surface area contributed by atoms with Gasteiger partial charge in [-0.3, -0.25) is 14.8 Å². The zero-order valence-corrected chi connectivity index (χ0v) is 19.2. The molecule has 180 valence electrons.